The lowest BCUT2D eigenvalue weighted by molar-refractivity contribution is 0.130. The molecule has 2 atom stereocenters. The minimum absolute atomic E-state index is 0.472. The lowest BCUT2D eigenvalue weighted by Gasteiger charge is -2.38. The molecule has 2 aliphatic carbocycles. The van der Waals surface area contributed by atoms with Crippen molar-refractivity contribution < 1.29 is 0 Å². The van der Waals surface area contributed by atoms with E-state index in [2.05, 4.69) is 45.1 Å². The minimum Gasteiger partial charge on any atom is -0.316 e. The van der Waals surface area contributed by atoms with Crippen molar-refractivity contribution in [3.8, 4) is 0 Å². The van der Waals surface area contributed by atoms with Gasteiger partial charge in [-0.15, -0.1) is 0 Å². The lowest BCUT2D eigenvalue weighted by atomic mass is 9.83. The molecular formula is C18H36N2. The first-order chi connectivity index (χ1) is 9.47. The van der Waals surface area contributed by atoms with Crippen LogP contribution in [0.4, 0.5) is 0 Å². The van der Waals surface area contributed by atoms with Crippen LogP contribution in [0.15, 0.2) is 0 Å². The summed E-state index contributed by atoms with van der Waals surface area (Å²) >= 11 is 0. The summed E-state index contributed by atoms with van der Waals surface area (Å²) in [5, 5.41) is 3.60. The van der Waals surface area contributed by atoms with Crippen LogP contribution >= 0.6 is 0 Å². The van der Waals surface area contributed by atoms with Gasteiger partial charge in [-0.1, -0.05) is 27.2 Å². The van der Waals surface area contributed by atoms with Gasteiger partial charge >= 0.3 is 0 Å². The summed E-state index contributed by atoms with van der Waals surface area (Å²) in [6.07, 6.45) is 9.92. The summed E-state index contributed by atoms with van der Waals surface area (Å²) in [6, 6.07) is 1.54. The molecule has 0 amide bonds. The molecule has 2 unspecified atom stereocenters. The molecule has 2 aliphatic rings. The number of nitrogens with zero attached hydrogens (tertiary/aromatic N) is 1. The molecule has 0 saturated heterocycles. The highest BCUT2D eigenvalue weighted by molar-refractivity contribution is 4.96. The largest absolute Gasteiger partial charge is 0.316 e. The Morgan fingerprint density at radius 3 is 2.30 bits per heavy atom. The first kappa shape index (κ1) is 16.3. The zero-order valence-electron chi connectivity index (χ0n) is 14.4. The van der Waals surface area contributed by atoms with Crippen LogP contribution in [0.3, 0.4) is 0 Å². The molecule has 2 nitrogen and oxygen atoms in total. The van der Waals surface area contributed by atoms with E-state index >= 15 is 0 Å². The molecule has 2 saturated carbocycles. The minimum atomic E-state index is 0.472. The summed E-state index contributed by atoms with van der Waals surface area (Å²) in [6.45, 7) is 8.50. The van der Waals surface area contributed by atoms with E-state index in [-0.39, 0.29) is 0 Å². The van der Waals surface area contributed by atoms with Crippen LogP contribution in [-0.2, 0) is 0 Å². The maximum Gasteiger partial charge on any atom is 0.0156 e. The molecule has 0 aromatic heterocycles. The molecule has 2 fully saturated rings. The molecule has 2 rings (SSSR count). The van der Waals surface area contributed by atoms with Crippen molar-refractivity contribution in [2.75, 3.05) is 20.6 Å². The van der Waals surface area contributed by atoms with Crippen molar-refractivity contribution >= 4 is 0 Å². The maximum atomic E-state index is 3.60. The monoisotopic (exact) mass is 280 g/mol. The second kappa shape index (κ2) is 6.79. The van der Waals surface area contributed by atoms with E-state index in [1.165, 1.54) is 51.5 Å². The van der Waals surface area contributed by atoms with Crippen LogP contribution in [0.1, 0.15) is 65.7 Å². The van der Waals surface area contributed by atoms with Gasteiger partial charge in [0.1, 0.15) is 0 Å². The van der Waals surface area contributed by atoms with E-state index < -0.39 is 0 Å². The summed E-state index contributed by atoms with van der Waals surface area (Å²) in [5.41, 5.74) is 0.472. The van der Waals surface area contributed by atoms with Gasteiger partial charge in [0, 0.05) is 18.6 Å². The highest BCUT2D eigenvalue weighted by atomic mass is 15.1. The molecule has 118 valence electrons. The summed E-state index contributed by atoms with van der Waals surface area (Å²) < 4.78 is 0. The average Bonchev–Trinajstić information content (AvgIpc) is 2.73. The second-order valence-electron chi connectivity index (χ2n) is 8.08. The van der Waals surface area contributed by atoms with Gasteiger partial charge in [0.2, 0.25) is 0 Å². The van der Waals surface area contributed by atoms with Gasteiger partial charge in [-0.25, -0.2) is 0 Å². The second-order valence-corrected chi connectivity index (χ2v) is 8.08. The normalized spacial score (nSPS) is 37.5. The molecular weight excluding hydrogens is 244 g/mol. The molecule has 0 bridgehead atoms. The van der Waals surface area contributed by atoms with Crippen LogP contribution in [0, 0.1) is 17.3 Å². The highest BCUT2D eigenvalue weighted by Gasteiger charge is 2.41. The Kier molecular flexibility index (Phi) is 5.53. The molecule has 1 N–H and O–H groups in total. The van der Waals surface area contributed by atoms with Crippen molar-refractivity contribution in [3.05, 3.63) is 0 Å². The number of hydrogen-bond donors (Lipinski definition) is 1. The van der Waals surface area contributed by atoms with Crippen LogP contribution in [0.2, 0.25) is 0 Å². The maximum absolute atomic E-state index is 3.60. The Hall–Kier alpha value is -0.0800. The molecule has 0 spiro atoms. The van der Waals surface area contributed by atoms with E-state index in [4.69, 9.17) is 0 Å². The Morgan fingerprint density at radius 1 is 1.10 bits per heavy atom. The zero-order valence-corrected chi connectivity index (χ0v) is 14.4. The molecule has 0 aromatic carbocycles. The van der Waals surface area contributed by atoms with Crippen molar-refractivity contribution in [2.24, 2.45) is 17.3 Å². The smallest absolute Gasteiger partial charge is 0.0156 e. The van der Waals surface area contributed by atoms with E-state index in [0.717, 1.165) is 17.9 Å². The predicted molar refractivity (Wildman–Crippen MR) is 88.0 cm³/mol. The summed E-state index contributed by atoms with van der Waals surface area (Å²) in [4.78, 5) is 2.68. The fourth-order valence-corrected chi connectivity index (χ4v) is 4.85. The van der Waals surface area contributed by atoms with Crippen molar-refractivity contribution in [3.63, 3.8) is 0 Å². The highest BCUT2D eigenvalue weighted by Crippen LogP contribution is 2.42. The van der Waals surface area contributed by atoms with E-state index in [9.17, 15) is 0 Å². The van der Waals surface area contributed by atoms with Gasteiger partial charge in [-0.05, 0) is 69.9 Å². The van der Waals surface area contributed by atoms with E-state index in [0.29, 0.717) is 11.5 Å². The number of hydrogen-bond acceptors (Lipinski definition) is 2. The van der Waals surface area contributed by atoms with Crippen LogP contribution in [-0.4, -0.2) is 37.6 Å². The Balaban J connectivity index is 1.84. The summed E-state index contributed by atoms with van der Waals surface area (Å²) in [5.74, 6) is 1.85. The van der Waals surface area contributed by atoms with Crippen LogP contribution in [0.5, 0.6) is 0 Å². The molecule has 20 heavy (non-hydrogen) atoms. The third-order valence-corrected chi connectivity index (χ3v) is 6.32. The third-order valence-electron chi connectivity index (χ3n) is 6.32. The summed E-state index contributed by atoms with van der Waals surface area (Å²) in [7, 11) is 4.52. The standard InChI is InChI=1S/C18H36N2/c1-6-14-7-9-16(10-8-14)20(5)13-15-11-12-18(2,3)17(15)19-4/h14-17,19H,6-13H2,1-5H3. The first-order valence-electron chi connectivity index (χ1n) is 8.85. The molecule has 0 heterocycles. The molecule has 0 aromatic rings. The quantitative estimate of drug-likeness (QED) is 0.821. The third kappa shape index (κ3) is 3.57. The van der Waals surface area contributed by atoms with Gasteiger partial charge in [-0.3, -0.25) is 0 Å². The SMILES string of the molecule is CCC1CCC(N(C)CC2CCC(C)(C)C2NC)CC1. The fraction of sp³-hybridized carbons (Fsp3) is 1.00. The Morgan fingerprint density at radius 2 is 1.75 bits per heavy atom. The molecule has 0 radical (unpaired) electrons. The number of nitrogens with one attached hydrogen (secondary N) is 1. The van der Waals surface area contributed by atoms with Crippen molar-refractivity contribution in [1.82, 2.24) is 10.2 Å². The number of rotatable bonds is 5. The van der Waals surface area contributed by atoms with Gasteiger partial charge in [0.25, 0.3) is 0 Å². The first-order valence-corrected chi connectivity index (χ1v) is 8.85. The van der Waals surface area contributed by atoms with Crippen molar-refractivity contribution in [2.45, 2.75) is 77.8 Å². The Labute approximate surface area is 126 Å². The van der Waals surface area contributed by atoms with Gasteiger partial charge in [0.15, 0.2) is 0 Å². The fourth-order valence-electron chi connectivity index (χ4n) is 4.85. The van der Waals surface area contributed by atoms with Gasteiger partial charge in [-0.2, -0.15) is 0 Å². The van der Waals surface area contributed by atoms with Gasteiger partial charge < -0.3 is 10.2 Å². The molecule has 2 heteroatoms. The van der Waals surface area contributed by atoms with E-state index in [1.54, 1.807) is 0 Å². The topological polar surface area (TPSA) is 15.3 Å². The van der Waals surface area contributed by atoms with Crippen LogP contribution in [0.25, 0.3) is 0 Å². The average molecular weight is 281 g/mol. The molecule has 0 aliphatic heterocycles. The Bertz CT molecular complexity index is 292. The zero-order chi connectivity index (χ0) is 14.8. The van der Waals surface area contributed by atoms with E-state index in [1.807, 2.05) is 0 Å². The predicted octanol–water partition coefficient (Wildman–Crippen LogP) is 3.91. The van der Waals surface area contributed by atoms with Crippen molar-refractivity contribution in [1.29, 1.82) is 0 Å². The van der Waals surface area contributed by atoms with Gasteiger partial charge in [0.05, 0.1) is 0 Å². The lowest BCUT2D eigenvalue weighted by Crippen LogP contribution is -2.46. The van der Waals surface area contributed by atoms with Crippen LogP contribution < -0.4 is 5.32 Å².